The zero-order chi connectivity index (χ0) is 21.9. The van der Waals surface area contributed by atoms with Crippen LogP contribution in [0, 0.1) is 12.7 Å². The van der Waals surface area contributed by atoms with E-state index < -0.39 is 17.2 Å². The van der Waals surface area contributed by atoms with E-state index in [-0.39, 0.29) is 34.5 Å². The molecule has 31 heavy (non-hydrogen) atoms. The first-order valence-corrected chi connectivity index (χ1v) is 10.2. The lowest BCUT2D eigenvalue weighted by atomic mass is 10.1. The Labute approximate surface area is 176 Å². The van der Waals surface area contributed by atoms with Gasteiger partial charge in [-0.15, -0.1) is 5.10 Å². The molecule has 2 aromatic heterocycles. The van der Waals surface area contributed by atoms with Gasteiger partial charge in [-0.2, -0.15) is 0 Å². The Morgan fingerprint density at radius 1 is 1.29 bits per heavy atom. The number of methoxy groups -OCH3 is 1. The molecule has 1 N–H and O–H groups in total. The van der Waals surface area contributed by atoms with Crippen LogP contribution >= 0.6 is 0 Å². The Balaban J connectivity index is 1.68. The number of carboxylic acids is 1. The lowest BCUT2D eigenvalue weighted by molar-refractivity contribution is 0.0695. The van der Waals surface area contributed by atoms with Gasteiger partial charge in [-0.3, -0.25) is 4.79 Å². The summed E-state index contributed by atoms with van der Waals surface area (Å²) in [5.74, 6) is -1.68. The fourth-order valence-electron chi connectivity index (χ4n) is 4.52. The molecular weight excluding hydrogens is 405 g/mol. The quantitative estimate of drug-likeness (QED) is 0.667. The van der Waals surface area contributed by atoms with Gasteiger partial charge in [0.15, 0.2) is 11.6 Å². The number of rotatable bonds is 5. The molecule has 1 unspecified atom stereocenters. The second-order valence-corrected chi connectivity index (χ2v) is 8.16. The second-order valence-electron chi connectivity index (χ2n) is 8.16. The average Bonchev–Trinajstić information content (AvgIpc) is 3.31. The molecule has 0 amide bonds. The Hall–Kier alpha value is -3.43. The van der Waals surface area contributed by atoms with Crippen LogP contribution in [-0.2, 0) is 0 Å². The minimum Gasteiger partial charge on any atom is -0.492 e. The van der Waals surface area contributed by atoms with E-state index in [1.54, 1.807) is 10.8 Å². The predicted octanol–water partition coefficient (Wildman–Crippen LogP) is 2.53. The van der Waals surface area contributed by atoms with E-state index in [1.165, 1.54) is 13.3 Å². The Morgan fingerprint density at radius 3 is 2.68 bits per heavy atom. The number of fused-ring (bicyclic) bond motifs is 1. The monoisotopic (exact) mass is 427 g/mol. The van der Waals surface area contributed by atoms with Crippen molar-refractivity contribution >= 4 is 22.6 Å². The van der Waals surface area contributed by atoms with Gasteiger partial charge in [0.25, 0.3) is 0 Å². The standard InChI is InChI=1S/C21H22FN5O4/c1-11-8-23-24-27(11)13-5-6-25(9-13)18-16(22)7-14-17(20(18)31-2)26(12-3-4-12)10-15(19(14)28)21(29)30/h7-8,10,12-13H,3-6,9H2,1-2H3,(H,29,30). The first-order chi connectivity index (χ1) is 14.9. The maximum Gasteiger partial charge on any atom is 0.341 e. The third-order valence-electron chi connectivity index (χ3n) is 6.15. The normalized spacial score (nSPS) is 18.7. The molecule has 0 bridgehead atoms. The van der Waals surface area contributed by atoms with Crippen molar-refractivity contribution in [2.75, 3.05) is 25.1 Å². The zero-order valence-corrected chi connectivity index (χ0v) is 17.2. The predicted molar refractivity (Wildman–Crippen MR) is 111 cm³/mol. The number of anilines is 1. The Morgan fingerprint density at radius 2 is 2.06 bits per heavy atom. The summed E-state index contributed by atoms with van der Waals surface area (Å²) in [5, 5.41) is 17.6. The van der Waals surface area contributed by atoms with Gasteiger partial charge in [0.1, 0.15) is 11.3 Å². The number of halogens is 1. The van der Waals surface area contributed by atoms with Crippen LogP contribution in [0.15, 0.2) is 23.3 Å². The maximum atomic E-state index is 15.4. The summed E-state index contributed by atoms with van der Waals surface area (Å²) in [7, 11) is 1.44. The van der Waals surface area contributed by atoms with Gasteiger partial charge in [-0.25, -0.2) is 13.9 Å². The van der Waals surface area contributed by atoms with Crippen LogP contribution in [0.5, 0.6) is 5.75 Å². The molecule has 0 spiro atoms. The van der Waals surface area contributed by atoms with Gasteiger partial charge in [0, 0.05) is 25.3 Å². The minimum atomic E-state index is -1.32. The number of carbonyl (C=O) groups is 1. The number of aryl methyl sites for hydroxylation is 1. The molecule has 1 saturated carbocycles. The van der Waals surface area contributed by atoms with Gasteiger partial charge in [0.05, 0.1) is 35.9 Å². The third kappa shape index (κ3) is 3.05. The molecule has 162 valence electrons. The lowest BCUT2D eigenvalue weighted by Gasteiger charge is -2.24. The number of ether oxygens (including phenoxy) is 1. The number of hydrogen-bond acceptors (Lipinski definition) is 6. The molecule has 3 heterocycles. The van der Waals surface area contributed by atoms with Crippen molar-refractivity contribution in [1.29, 1.82) is 0 Å². The first-order valence-electron chi connectivity index (χ1n) is 10.2. The number of aromatic nitrogens is 4. The number of pyridine rings is 1. The summed E-state index contributed by atoms with van der Waals surface area (Å²) in [6.45, 7) is 3.03. The van der Waals surface area contributed by atoms with E-state index in [1.807, 2.05) is 16.5 Å². The van der Waals surface area contributed by atoms with Crippen LogP contribution in [0.25, 0.3) is 10.9 Å². The highest BCUT2D eigenvalue weighted by molar-refractivity contribution is 5.97. The lowest BCUT2D eigenvalue weighted by Crippen LogP contribution is -2.25. The van der Waals surface area contributed by atoms with Crippen molar-refractivity contribution in [3.63, 3.8) is 0 Å². The maximum absolute atomic E-state index is 15.4. The van der Waals surface area contributed by atoms with E-state index in [0.717, 1.165) is 31.0 Å². The summed E-state index contributed by atoms with van der Waals surface area (Å²) in [4.78, 5) is 26.3. The molecule has 1 aliphatic heterocycles. The fourth-order valence-corrected chi connectivity index (χ4v) is 4.52. The molecule has 2 aliphatic rings. The molecule has 9 nitrogen and oxygen atoms in total. The summed E-state index contributed by atoms with van der Waals surface area (Å²) in [6.07, 6.45) is 5.54. The van der Waals surface area contributed by atoms with Gasteiger partial charge in [-0.1, -0.05) is 5.21 Å². The van der Waals surface area contributed by atoms with Crippen LogP contribution in [-0.4, -0.2) is 50.8 Å². The van der Waals surface area contributed by atoms with Crippen LogP contribution in [0.3, 0.4) is 0 Å². The molecule has 10 heteroatoms. The largest absolute Gasteiger partial charge is 0.492 e. The summed E-state index contributed by atoms with van der Waals surface area (Å²) in [5.41, 5.74) is 0.586. The van der Waals surface area contributed by atoms with E-state index in [9.17, 15) is 14.7 Å². The van der Waals surface area contributed by atoms with Crippen molar-refractivity contribution in [1.82, 2.24) is 19.6 Å². The van der Waals surface area contributed by atoms with Crippen molar-refractivity contribution in [2.24, 2.45) is 0 Å². The number of hydrogen-bond donors (Lipinski definition) is 1. The first kappa shape index (κ1) is 19.5. The number of carboxylic acid groups (broad SMARTS) is 1. The van der Waals surface area contributed by atoms with Gasteiger partial charge < -0.3 is 19.3 Å². The van der Waals surface area contributed by atoms with E-state index >= 15 is 4.39 Å². The zero-order valence-electron chi connectivity index (χ0n) is 17.2. The number of benzene rings is 1. The molecule has 1 aromatic carbocycles. The SMILES string of the molecule is COc1c(N2CCC(n3nncc3C)C2)c(F)cc2c(=O)c(C(=O)O)cn(C3CC3)c12. The molecule has 5 rings (SSSR count). The van der Waals surface area contributed by atoms with Crippen LogP contribution in [0.4, 0.5) is 10.1 Å². The van der Waals surface area contributed by atoms with Crippen LogP contribution in [0.2, 0.25) is 0 Å². The molecule has 2 fully saturated rings. The molecule has 0 radical (unpaired) electrons. The van der Waals surface area contributed by atoms with Crippen molar-refractivity contribution < 1.29 is 19.0 Å². The molecule has 1 atom stereocenters. The third-order valence-corrected chi connectivity index (χ3v) is 6.15. The van der Waals surface area contributed by atoms with Crippen molar-refractivity contribution in [3.05, 3.63) is 45.8 Å². The highest BCUT2D eigenvalue weighted by Crippen LogP contribution is 2.44. The highest BCUT2D eigenvalue weighted by atomic mass is 19.1. The summed E-state index contributed by atoms with van der Waals surface area (Å²) < 4.78 is 24.6. The number of nitrogens with zero attached hydrogens (tertiary/aromatic N) is 5. The summed E-state index contributed by atoms with van der Waals surface area (Å²) >= 11 is 0. The van der Waals surface area contributed by atoms with Gasteiger partial charge >= 0.3 is 5.97 Å². The van der Waals surface area contributed by atoms with Crippen molar-refractivity contribution in [2.45, 2.75) is 38.3 Å². The molecule has 1 aliphatic carbocycles. The molecule has 3 aromatic rings. The second kappa shape index (κ2) is 7.07. The van der Waals surface area contributed by atoms with Gasteiger partial charge in [-0.05, 0) is 32.3 Å². The molecule has 1 saturated heterocycles. The Bertz CT molecular complexity index is 1260. The summed E-state index contributed by atoms with van der Waals surface area (Å²) in [6, 6.07) is 1.26. The van der Waals surface area contributed by atoms with E-state index in [2.05, 4.69) is 10.3 Å². The average molecular weight is 427 g/mol. The van der Waals surface area contributed by atoms with E-state index in [0.29, 0.717) is 18.6 Å². The molecular formula is C21H22FN5O4. The van der Waals surface area contributed by atoms with Gasteiger partial charge in [0.2, 0.25) is 5.43 Å². The van der Waals surface area contributed by atoms with Crippen molar-refractivity contribution in [3.8, 4) is 5.75 Å². The smallest absolute Gasteiger partial charge is 0.341 e. The van der Waals surface area contributed by atoms with E-state index in [4.69, 9.17) is 4.74 Å². The van der Waals surface area contributed by atoms with Crippen LogP contribution < -0.4 is 15.1 Å². The number of aromatic carboxylic acids is 1. The minimum absolute atomic E-state index is 0.0211. The van der Waals surface area contributed by atoms with Crippen LogP contribution in [0.1, 0.15) is 47.4 Å². The fraction of sp³-hybridized carbons (Fsp3) is 0.429. The Kier molecular flexibility index (Phi) is 4.45. The highest BCUT2D eigenvalue weighted by Gasteiger charge is 2.34. The topological polar surface area (TPSA) is 102 Å².